The number of amides is 1. The number of aryl methyl sites for hydroxylation is 1. The van der Waals surface area contributed by atoms with E-state index in [0.29, 0.717) is 6.54 Å². The maximum absolute atomic E-state index is 11.5. The third-order valence-corrected chi connectivity index (χ3v) is 3.11. The van der Waals surface area contributed by atoms with E-state index in [1.807, 2.05) is 6.20 Å². The molecule has 1 atom stereocenters. The number of nitrogens with zero attached hydrogens (tertiary/aromatic N) is 3. The second kappa shape index (κ2) is 2.92. The van der Waals surface area contributed by atoms with Crippen LogP contribution in [0.2, 0.25) is 0 Å². The van der Waals surface area contributed by atoms with Crippen molar-refractivity contribution < 1.29 is 4.79 Å². The summed E-state index contributed by atoms with van der Waals surface area (Å²) in [5, 5.41) is 11.0. The summed E-state index contributed by atoms with van der Waals surface area (Å²) in [6.07, 6.45) is 3.42. The van der Waals surface area contributed by atoms with E-state index in [0.717, 1.165) is 30.1 Å². The lowest BCUT2D eigenvalue weighted by molar-refractivity contribution is -0.122. The maximum atomic E-state index is 11.5. The van der Waals surface area contributed by atoms with Crippen molar-refractivity contribution in [3.05, 3.63) is 23.4 Å². The molecule has 1 amide bonds. The van der Waals surface area contributed by atoms with Gasteiger partial charge in [-0.1, -0.05) is 6.92 Å². The monoisotopic (exact) mass is 204 g/mol. The fourth-order valence-corrected chi connectivity index (χ4v) is 2.25. The number of carbonyl (C=O) groups excluding carboxylic acids is 1. The Balaban J connectivity index is 2.03. The minimum absolute atomic E-state index is 0.00111. The van der Waals surface area contributed by atoms with E-state index in [4.69, 9.17) is 0 Å². The Morgan fingerprint density at radius 2 is 2.47 bits per heavy atom. The first-order valence-electron chi connectivity index (χ1n) is 5.20. The van der Waals surface area contributed by atoms with Crippen molar-refractivity contribution in [2.45, 2.75) is 26.3 Å². The SMILES string of the molecule is CCc1nnc2n1CC1C(=O)NC=C1C2. The molecule has 0 radical (unpaired) electrons. The highest BCUT2D eigenvalue weighted by Gasteiger charge is 2.34. The lowest BCUT2D eigenvalue weighted by atomic mass is 9.95. The number of hydrogen-bond donors (Lipinski definition) is 1. The van der Waals surface area contributed by atoms with E-state index in [9.17, 15) is 4.79 Å². The molecule has 3 rings (SSSR count). The fourth-order valence-electron chi connectivity index (χ4n) is 2.25. The van der Waals surface area contributed by atoms with Gasteiger partial charge in [0.1, 0.15) is 11.6 Å². The average molecular weight is 204 g/mol. The van der Waals surface area contributed by atoms with Gasteiger partial charge in [0.05, 0.1) is 5.92 Å². The van der Waals surface area contributed by atoms with E-state index < -0.39 is 0 Å². The van der Waals surface area contributed by atoms with Gasteiger partial charge in [-0.2, -0.15) is 0 Å². The average Bonchev–Trinajstić information content (AvgIpc) is 2.80. The molecule has 5 nitrogen and oxygen atoms in total. The zero-order valence-corrected chi connectivity index (χ0v) is 8.53. The fraction of sp³-hybridized carbons (Fsp3) is 0.500. The summed E-state index contributed by atoms with van der Waals surface area (Å²) in [6, 6.07) is 0. The molecule has 0 bridgehead atoms. The molecule has 0 saturated heterocycles. The van der Waals surface area contributed by atoms with E-state index >= 15 is 0 Å². The third kappa shape index (κ3) is 1.12. The normalized spacial score (nSPS) is 23.1. The molecular weight excluding hydrogens is 192 g/mol. The van der Waals surface area contributed by atoms with Crippen LogP contribution in [0.25, 0.3) is 0 Å². The molecule has 1 aromatic rings. The number of nitrogens with one attached hydrogen (secondary N) is 1. The quantitative estimate of drug-likeness (QED) is 0.702. The van der Waals surface area contributed by atoms with Crippen LogP contribution >= 0.6 is 0 Å². The van der Waals surface area contributed by atoms with Crippen LogP contribution in [0.1, 0.15) is 18.6 Å². The van der Waals surface area contributed by atoms with Crippen LogP contribution in [-0.4, -0.2) is 20.7 Å². The number of fused-ring (bicyclic) bond motifs is 2. The summed E-state index contributed by atoms with van der Waals surface area (Å²) in [5.41, 5.74) is 1.14. The molecule has 1 aromatic heterocycles. The molecule has 78 valence electrons. The number of rotatable bonds is 1. The first kappa shape index (κ1) is 8.64. The smallest absolute Gasteiger partial charge is 0.233 e. The number of aromatic nitrogens is 3. The minimum atomic E-state index is -0.00111. The summed E-state index contributed by atoms with van der Waals surface area (Å²) in [4.78, 5) is 11.5. The predicted molar refractivity (Wildman–Crippen MR) is 52.8 cm³/mol. The van der Waals surface area contributed by atoms with Crippen molar-refractivity contribution in [2.24, 2.45) is 5.92 Å². The highest BCUT2D eigenvalue weighted by molar-refractivity contribution is 5.85. The molecule has 0 aliphatic carbocycles. The topological polar surface area (TPSA) is 59.8 Å². The van der Waals surface area contributed by atoms with Gasteiger partial charge in [-0.25, -0.2) is 0 Å². The van der Waals surface area contributed by atoms with Gasteiger partial charge in [-0.3, -0.25) is 4.79 Å². The largest absolute Gasteiger partial charge is 0.332 e. The lowest BCUT2D eigenvalue weighted by Crippen LogP contribution is -2.29. The summed E-state index contributed by atoms with van der Waals surface area (Å²) < 4.78 is 2.08. The standard InChI is InChI=1S/C10H12N4O/c1-2-8-12-13-9-3-6-4-11-10(15)7(6)5-14(8)9/h4,7H,2-3,5H2,1H3,(H,11,15). The second-order valence-corrected chi connectivity index (χ2v) is 3.95. The van der Waals surface area contributed by atoms with Crippen LogP contribution in [0.4, 0.5) is 0 Å². The zero-order chi connectivity index (χ0) is 10.4. The zero-order valence-electron chi connectivity index (χ0n) is 8.53. The number of carbonyl (C=O) groups is 1. The highest BCUT2D eigenvalue weighted by Crippen LogP contribution is 2.28. The Labute approximate surface area is 87.2 Å². The van der Waals surface area contributed by atoms with Crippen LogP contribution in [-0.2, 0) is 24.2 Å². The summed E-state index contributed by atoms with van der Waals surface area (Å²) >= 11 is 0. The van der Waals surface area contributed by atoms with Gasteiger partial charge in [0.25, 0.3) is 0 Å². The molecular formula is C10H12N4O. The van der Waals surface area contributed by atoms with Crippen molar-refractivity contribution in [1.29, 1.82) is 0 Å². The van der Waals surface area contributed by atoms with E-state index in [2.05, 4.69) is 27.0 Å². The highest BCUT2D eigenvalue weighted by atomic mass is 16.2. The first-order valence-corrected chi connectivity index (χ1v) is 5.20. The van der Waals surface area contributed by atoms with E-state index in [1.54, 1.807) is 0 Å². The van der Waals surface area contributed by atoms with Gasteiger partial charge in [-0.15, -0.1) is 10.2 Å². The van der Waals surface area contributed by atoms with Crippen molar-refractivity contribution >= 4 is 5.91 Å². The Bertz CT molecular complexity index is 460. The molecule has 5 heteroatoms. The van der Waals surface area contributed by atoms with Gasteiger partial charge in [0.2, 0.25) is 5.91 Å². The molecule has 0 saturated carbocycles. The van der Waals surface area contributed by atoms with Crippen molar-refractivity contribution in [3.8, 4) is 0 Å². The van der Waals surface area contributed by atoms with E-state index in [-0.39, 0.29) is 11.8 Å². The summed E-state index contributed by atoms with van der Waals surface area (Å²) in [6.45, 7) is 2.75. The Hall–Kier alpha value is -1.65. The molecule has 0 aromatic carbocycles. The van der Waals surface area contributed by atoms with Gasteiger partial charge in [0, 0.05) is 25.6 Å². The van der Waals surface area contributed by atoms with Gasteiger partial charge >= 0.3 is 0 Å². The molecule has 1 N–H and O–H groups in total. The molecule has 2 aliphatic rings. The minimum Gasteiger partial charge on any atom is -0.332 e. The van der Waals surface area contributed by atoms with Crippen LogP contribution in [0.15, 0.2) is 11.8 Å². The van der Waals surface area contributed by atoms with Gasteiger partial charge in [0.15, 0.2) is 0 Å². The van der Waals surface area contributed by atoms with E-state index in [1.165, 1.54) is 0 Å². The predicted octanol–water partition coefficient (Wildman–Crippen LogP) is 0.0265. The van der Waals surface area contributed by atoms with Crippen LogP contribution in [0, 0.1) is 5.92 Å². The molecule has 2 aliphatic heterocycles. The Morgan fingerprint density at radius 3 is 3.27 bits per heavy atom. The van der Waals surface area contributed by atoms with Crippen LogP contribution < -0.4 is 5.32 Å². The molecule has 0 spiro atoms. The molecule has 15 heavy (non-hydrogen) atoms. The lowest BCUT2D eigenvalue weighted by Gasteiger charge is -2.21. The first-order chi connectivity index (χ1) is 7.29. The van der Waals surface area contributed by atoms with Crippen LogP contribution in [0.3, 0.4) is 0 Å². The van der Waals surface area contributed by atoms with Gasteiger partial charge in [-0.05, 0) is 5.57 Å². The van der Waals surface area contributed by atoms with Crippen molar-refractivity contribution in [2.75, 3.05) is 0 Å². The maximum Gasteiger partial charge on any atom is 0.233 e. The summed E-state index contributed by atoms with van der Waals surface area (Å²) in [7, 11) is 0. The Kier molecular flexibility index (Phi) is 1.68. The second-order valence-electron chi connectivity index (χ2n) is 3.95. The third-order valence-electron chi connectivity index (χ3n) is 3.11. The Morgan fingerprint density at radius 1 is 1.60 bits per heavy atom. The van der Waals surface area contributed by atoms with Crippen molar-refractivity contribution in [3.63, 3.8) is 0 Å². The number of hydrogen-bond acceptors (Lipinski definition) is 3. The van der Waals surface area contributed by atoms with Gasteiger partial charge < -0.3 is 9.88 Å². The van der Waals surface area contributed by atoms with Crippen LogP contribution in [0.5, 0.6) is 0 Å². The van der Waals surface area contributed by atoms with Crippen molar-refractivity contribution in [1.82, 2.24) is 20.1 Å². The molecule has 1 unspecified atom stereocenters. The molecule has 0 fully saturated rings. The summed E-state index contributed by atoms with van der Waals surface area (Å²) in [5.74, 6) is 2.06. The molecule has 3 heterocycles.